The predicted octanol–water partition coefficient (Wildman–Crippen LogP) is 8.25. The van der Waals surface area contributed by atoms with Crippen molar-refractivity contribution in [2.24, 2.45) is 0 Å². The maximum Gasteiger partial charge on any atom is 0.408 e. The van der Waals surface area contributed by atoms with Crippen molar-refractivity contribution in [1.29, 1.82) is 0 Å². The van der Waals surface area contributed by atoms with Crippen LogP contribution >= 0.6 is 0 Å². The Morgan fingerprint density at radius 3 is 1.31 bits per heavy atom. The summed E-state index contributed by atoms with van der Waals surface area (Å²) in [4.78, 5) is 26.9. The van der Waals surface area contributed by atoms with Gasteiger partial charge in [0.1, 0.15) is 11.1 Å². The first-order chi connectivity index (χ1) is 20.0. The van der Waals surface area contributed by atoms with Gasteiger partial charge in [-0.1, -0.05) is 108 Å². The van der Waals surface area contributed by atoms with E-state index in [0.717, 1.165) is 33.4 Å². The van der Waals surface area contributed by atoms with Gasteiger partial charge in [-0.15, -0.1) is 0 Å². The van der Waals surface area contributed by atoms with Gasteiger partial charge in [-0.05, 0) is 74.9 Å². The fraction of sp³-hybridized carbons (Fsp3) is 0.297. The second-order valence-corrected chi connectivity index (χ2v) is 11.9. The molecule has 0 aliphatic carbocycles. The Morgan fingerprint density at radius 2 is 0.976 bits per heavy atom. The van der Waals surface area contributed by atoms with Crippen LogP contribution in [0.3, 0.4) is 0 Å². The third-order valence-corrected chi connectivity index (χ3v) is 7.10. The molecule has 0 spiro atoms. The summed E-state index contributed by atoms with van der Waals surface area (Å²) in [6.45, 7) is 11.5. The molecule has 0 atom stereocenters. The lowest BCUT2D eigenvalue weighted by Crippen LogP contribution is -2.59. The van der Waals surface area contributed by atoms with E-state index in [4.69, 9.17) is 9.47 Å². The van der Waals surface area contributed by atoms with E-state index >= 15 is 0 Å². The lowest BCUT2D eigenvalue weighted by molar-refractivity contribution is -0.151. The fourth-order valence-electron chi connectivity index (χ4n) is 4.93. The van der Waals surface area contributed by atoms with Gasteiger partial charge in [0.2, 0.25) is 0 Å². The van der Waals surface area contributed by atoms with E-state index in [1.165, 1.54) is 11.1 Å². The molecule has 0 aliphatic rings. The molecule has 0 saturated heterocycles. The van der Waals surface area contributed by atoms with E-state index in [1.54, 1.807) is 27.7 Å². The minimum absolute atomic E-state index is 0.190. The van der Waals surface area contributed by atoms with Crippen LogP contribution in [0.4, 0.5) is 4.79 Å². The molecule has 0 unspecified atom stereocenters. The van der Waals surface area contributed by atoms with Gasteiger partial charge in [-0.3, -0.25) is 0 Å². The zero-order valence-corrected chi connectivity index (χ0v) is 25.5. The fourth-order valence-corrected chi connectivity index (χ4v) is 4.93. The Kier molecular flexibility index (Phi) is 9.52. The maximum atomic E-state index is 13.7. The molecule has 42 heavy (non-hydrogen) atoms. The third kappa shape index (κ3) is 8.10. The van der Waals surface area contributed by atoms with Crippen molar-refractivity contribution < 1.29 is 19.1 Å². The average Bonchev–Trinajstić information content (AvgIpc) is 2.94. The van der Waals surface area contributed by atoms with E-state index in [-0.39, 0.29) is 19.4 Å². The Hall–Kier alpha value is -4.38. The van der Waals surface area contributed by atoms with Crippen molar-refractivity contribution in [3.8, 4) is 22.3 Å². The summed E-state index contributed by atoms with van der Waals surface area (Å²) >= 11 is 0. The maximum absolute atomic E-state index is 13.7. The number of alkyl carbamates (subject to hydrolysis) is 1. The molecule has 5 heteroatoms. The van der Waals surface area contributed by atoms with Crippen LogP contribution in [0.1, 0.15) is 49.9 Å². The third-order valence-electron chi connectivity index (χ3n) is 7.10. The van der Waals surface area contributed by atoms with Crippen LogP contribution < -0.4 is 5.32 Å². The van der Waals surface area contributed by atoms with Crippen molar-refractivity contribution in [3.05, 3.63) is 119 Å². The highest BCUT2D eigenvalue weighted by Crippen LogP contribution is 2.27. The van der Waals surface area contributed by atoms with Crippen LogP contribution in [0, 0.1) is 13.8 Å². The summed E-state index contributed by atoms with van der Waals surface area (Å²) in [5, 5.41) is 2.94. The Labute approximate surface area is 249 Å². The molecule has 0 aromatic heterocycles. The normalized spacial score (nSPS) is 11.6. The largest absolute Gasteiger partial charge is 0.464 e. The lowest BCUT2D eigenvalue weighted by Gasteiger charge is -2.34. The second-order valence-electron chi connectivity index (χ2n) is 11.9. The van der Waals surface area contributed by atoms with Gasteiger partial charge >= 0.3 is 12.1 Å². The summed E-state index contributed by atoms with van der Waals surface area (Å²) in [5.74, 6) is -0.499. The number of carbonyl (C=O) groups excluding carboxylic acids is 2. The van der Waals surface area contributed by atoms with Gasteiger partial charge < -0.3 is 14.8 Å². The number of nitrogens with one attached hydrogen (secondary N) is 1. The van der Waals surface area contributed by atoms with Gasteiger partial charge in [-0.2, -0.15) is 0 Å². The standard InChI is InChI=1S/C37H41NO4/c1-7-41-34(39)37(38-35(40)42-36(4,5)6,24-28-12-20-32(21-13-28)30-16-8-26(2)9-17-30)25-29-14-22-33(23-15-29)31-18-10-27(3)11-19-31/h8-23H,7,24-25H2,1-6H3,(H,38,40). The van der Waals surface area contributed by atoms with E-state index in [0.29, 0.717) is 0 Å². The highest BCUT2D eigenvalue weighted by atomic mass is 16.6. The summed E-state index contributed by atoms with van der Waals surface area (Å²) < 4.78 is 11.2. The van der Waals surface area contributed by atoms with Crippen LogP contribution in [0.25, 0.3) is 22.3 Å². The molecule has 4 aromatic rings. The van der Waals surface area contributed by atoms with Crippen LogP contribution in [0.15, 0.2) is 97.1 Å². The van der Waals surface area contributed by atoms with Gasteiger partial charge in [0.15, 0.2) is 0 Å². The van der Waals surface area contributed by atoms with Crippen molar-refractivity contribution >= 4 is 12.1 Å². The molecule has 0 bridgehead atoms. The molecule has 0 radical (unpaired) electrons. The predicted molar refractivity (Wildman–Crippen MR) is 169 cm³/mol. The number of hydrogen-bond donors (Lipinski definition) is 1. The van der Waals surface area contributed by atoms with Crippen molar-refractivity contribution in [2.45, 2.75) is 65.5 Å². The molecular weight excluding hydrogens is 522 g/mol. The summed E-state index contributed by atoms with van der Waals surface area (Å²) in [6.07, 6.45) is -0.194. The first kappa shape index (κ1) is 30.6. The van der Waals surface area contributed by atoms with Gasteiger partial charge in [0, 0.05) is 12.8 Å². The average molecular weight is 564 g/mol. The molecule has 5 nitrogen and oxygen atoms in total. The SMILES string of the molecule is CCOC(=O)C(Cc1ccc(-c2ccc(C)cc2)cc1)(Cc1ccc(-c2ccc(C)cc2)cc1)NC(=O)OC(C)(C)C. The van der Waals surface area contributed by atoms with Crippen LogP contribution in [-0.2, 0) is 27.1 Å². The molecule has 0 fully saturated rings. The summed E-state index contributed by atoms with van der Waals surface area (Å²) in [7, 11) is 0. The molecule has 1 amide bonds. The highest BCUT2D eigenvalue weighted by Gasteiger charge is 2.43. The molecule has 4 aromatic carbocycles. The summed E-state index contributed by atoms with van der Waals surface area (Å²) in [5.41, 5.74) is 6.47. The molecule has 1 N–H and O–H groups in total. The Morgan fingerprint density at radius 1 is 0.619 bits per heavy atom. The van der Waals surface area contributed by atoms with E-state index in [2.05, 4.69) is 67.7 Å². The van der Waals surface area contributed by atoms with Gasteiger partial charge in [0.25, 0.3) is 0 Å². The number of aryl methyl sites for hydroxylation is 2. The molecule has 0 aliphatic heterocycles. The molecule has 4 rings (SSSR count). The van der Waals surface area contributed by atoms with Crippen molar-refractivity contribution in [3.63, 3.8) is 0 Å². The number of benzene rings is 4. The van der Waals surface area contributed by atoms with Crippen LogP contribution in [-0.4, -0.2) is 29.8 Å². The number of ether oxygens (including phenoxy) is 2. The quantitative estimate of drug-likeness (QED) is 0.208. The minimum atomic E-state index is -1.38. The van der Waals surface area contributed by atoms with E-state index in [1.807, 2.05) is 48.5 Å². The lowest BCUT2D eigenvalue weighted by atomic mass is 9.83. The first-order valence-electron chi connectivity index (χ1n) is 14.5. The van der Waals surface area contributed by atoms with Crippen molar-refractivity contribution in [2.75, 3.05) is 6.61 Å². The smallest absolute Gasteiger partial charge is 0.408 e. The van der Waals surface area contributed by atoms with Crippen LogP contribution in [0.2, 0.25) is 0 Å². The number of carbonyl (C=O) groups is 2. The van der Waals surface area contributed by atoms with Gasteiger partial charge in [0.05, 0.1) is 6.61 Å². The topological polar surface area (TPSA) is 64.6 Å². The first-order valence-corrected chi connectivity index (χ1v) is 14.5. The second kappa shape index (κ2) is 13.1. The molecule has 0 heterocycles. The number of amides is 1. The zero-order valence-electron chi connectivity index (χ0n) is 25.5. The Balaban J connectivity index is 1.68. The number of hydrogen-bond acceptors (Lipinski definition) is 4. The minimum Gasteiger partial charge on any atom is -0.464 e. The number of rotatable bonds is 9. The van der Waals surface area contributed by atoms with Crippen LogP contribution in [0.5, 0.6) is 0 Å². The Bertz CT molecular complexity index is 1390. The van der Waals surface area contributed by atoms with Crippen molar-refractivity contribution in [1.82, 2.24) is 5.32 Å². The van der Waals surface area contributed by atoms with E-state index in [9.17, 15) is 9.59 Å². The van der Waals surface area contributed by atoms with E-state index < -0.39 is 23.2 Å². The summed E-state index contributed by atoms with van der Waals surface area (Å²) in [6, 6.07) is 32.9. The monoisotopic (exact) mass is 563 g/mol. The molecular formula is C37H41NO4. The number of esters is 1. The highest BCUT2D eigenvalue weighted by molar-refractivity contribution is 5.87. The molecule has 0 saturated carbocycles. The molecule has 218 valence electrons. The zero-order chi connectivity index (χ0) is 30.3. The van der Waals surface area contributed by atoms with Gasteiger partial charge in [-0.25, -0.2) is 9.59 Å².